The molecular formula is C21H26ClFN4O3S. The van der Waals surface area contributed by atoms with Crippen molar-refractivity contribution in [2.75, 3.05) is 32.1 Å². The Balaban J connectivity index is 0.00000231. The molecule has 2 fully saturated rings. The number of H-pyrrole nitrogens is 1. The number of hydrogen-bond donors (Lipinski definition) is 2. The largest absolute Gasteiger partial charge is 0.492 e. The summed E-state index contributed by atoms with van der Waals surface area (Å²) < 4.78 is 25.9. The lowest BCUT2D eigenvalue weighted by Gasteiger charge is -2.25. The number of ether oxygens (including phenoxy) is 1. The van der Waals surface area contributed by atoms with Crippen LogP contribution in [0.15, 0.2) is 15.7 Å². The third-order valence-corrected chi connectivity index (χ3v) is 7.50. The predicted octanol–water partition coefficient (Wildman–Crippen LogP) is 3.24. The zero-order valence-corrected chi connectivity index (χ0v) is 19.3. The lowest BCUT2D eigenvalue weighted by molar-refractivity contribution is 0.411. The maximum atomic E-state index is 15.4. The van der Waals surface area contributed by atoms with Crippen LogP contribution in [0.5, 0.6) is 5.75 Å². The fraction of sp³-hybridized carbons (Fsp3) is 0.524. The van der Waals surface area contributed by atoms with Gasteiger partial charge in [0, 0.05) is 25.2 Å². The van der Waals surface area contributed by atoms with Crippen LogP contribution in [0.2, 0.25) is 0 Å². The van der Waals surface area contributed by atoms with Crippen LogP contribution < -0.4 is 25.9 Å². The highest BCUT2D eigenvalue weighted by Crippen LogP contribution is 2.46. The summed E-state index contributed by atoms with van der Waals surface area (Å²) in [6.07, 6.45) is 2.87. The first-order valence-electron chi connectivity index (χ1n) is 10.3. The molecule has 1 aliphatic heterocycles. The number of aromatic amines is 1. The molecule has 31 heavy (non-hydrogen) atoms. The van der Waals surface area contributed by atoms with Crippen molar-refractivity contribution in [2.45, 2.75) is 38.3 Å². The average Bonchev–Trinajstić information content (AvgIpc) is 3.33. The van der Waals surface area contributed by atoms with Gasteiger partial charge in [0.1, 0.15) is 15.9 Å². The van der Waals surface area contributed by atoms with E-state index >= 15 is 4.39 Å². The van der Waals surface area contributed by atoms with E-state index < -0.39 is 16.8 Å². The van der Waals surface area contributed by atoms with E-state index in [1.54, 1.807) is 0 Å². The van der Waals surface area contributed by atoms with Crippen LogP contribution in [0.3, 0.4) is 0 Å². The summed E-state index contributed by atoms with van der Waals surface area (Å²) >= 11 is 1.16. The molecule has 0 amide bonds. The van der Waals surface area contributed by atoms with E-state index in [2.05, 4.69) is 16.6 Å². The predicted molar refractivity (Wildman–Crippen MR) is 125 cm³/mol. The highest BCUT2D eigenvalue weighted by molar-refractivity contribution is 7.12. The van der Waals surface area contributed by atoms with Gasteiger partial charge in [-0.3, -0.25) is 14.0 Å². The van der Waals surface area contributed by atoms with Crippen molar-refractivity contribution in [3.63, 3.8) is 0 Å². The molecule has 2 aliphatic rings. The SMILES string of the molecule is CNC(C)[C@@H]1CCN(c2c(F)cc3c(=O)c4c(=O)[nH]sc4n(C4CC4)c3c2OC)C1.Cl. The molecule has 3 heterocycles. The molecule has 168 valence electrons. The smallest absolute Gasteiger partial charge is 0.271 e. The quantitative estimate of drug-likeness (QED) is 0.601. The van der Waals surface area contributed by atoms with Crippen LogP contribution in [0.25, 0.3) is 21.1 Å². The highest BCUT2D eigenvalue weighted by atomic mass is 35.5. The average molecular weight is 469 g/mol. The van der Waals surface area contributed by atoms with Crippen LogP contribution in [-0.4, -0.2) is 42.2 Å². The molecule has 1 unspecified atom stereocenters. The summed E-state index contributed by atoms with van der Waals surface area (Å²) in [6.45, 7) is 3.58. The molecule has 3 aromatic rings. The molecule has 2 atom stereocenters. The van der Waals surface area contributed by atoms with Crippen molar-refractivity contribution in [1.29, 1.82) is 0 Å². The molecule has 5 rings (SSSR count). The Morgan fingerprint density at radius 2 is 2.06 bits per heavy atom. The van der Waals surface area contributed by atoms with E-state index in [0.717, 1.165) is 37.3 Å². The Labute approximate surface area is 188 Å². The molecule has 1 saturated heterocycles. The Bertz CT molecular complexity index is 1270. The molecule has 10 heteroatoms. The molecule has 1 aromatic carbocycles. The molecule has 7 nitrogen and oxygen atoms in total. The van der Waals surface area contributed by atoms with Gasteiger partial charge >= 0.3 is 0 Å². The number of anilines is 1. The number of nitrogens with one attached hydrogen (secondary N) is 2. The standard InChI is InChI=1S/C21H25FN4O3S.ClH/c1-10(23-2)11-6-7-25(9-11)17-14(22)8-13-16(19(17)29-3)26(12-4-5-12)21-15(18(13)27)20(28)24-30-21;/h8,10-12,23H,4-7,9H2,1-3H3,(H,24,28);1H/t10?,11-;/m1./s1. The molecule has 1 saturated carbocycles. The van der Waals surface area contributed by atoms with Crippen molar-refractivity contribution < 1.29 is 9.13 Å². The van der Waals surface area contributed by atoms with Crippen molar-refractivity contribution in [1.82, 2.24) is 14.3 Å². The van der Waals surface area contributed by atoms with Gasteiger partial charge in [-0.25, -0.2) is 4.39 Å². The zero-order chi connectivity index (χ0) is 21.2. The molecular weight excluding hydrogens is 443 g/mol. The van der Waals surface area contributed by atoms with Crippen molar-refractivity contribution in [3.05, 3.63) is 32.5 Å². The van der Waals surface area contributed by atoms with Gasteiger partial charge in [-0.1, -0.05) is 0 Å². The first-order valence-corrected chi connectivity index (χ1v) is 11.2. The van der Waals surface area contributed by atoms with Gasteiger partial charge in [-0.2, -0.15) is 0 Å². The second-order valence-corrected chi connectivity index (χ2v) is 9.15. The minimum atomic E-state index is -0.484. The number of pyridine rings is 1. The summed E-state index contributed by atoms with van der Waals surface area (Å²) in [5, 5.41) is 3.60. The lowest BCUT2D eigenvalue weighted by Crippen LogP contribution is -2.33. The van der Waals surface area contributed by atoms with Crippen LogP contribution in [0.1, 0.15) is 32.2 Å². The molecule has 2 N–H and O–H groups in total. The van der Waals surface area contributed by atoms with E-state index in [-0.39, 0.29) is 29.2 Å². The first kappa shape index (κ1) is 22.1. The van der Waals surface area contributed by atoms with Crippen molar-refractivity contribution in [3.8, 4) is 5.75 Å². The number of methoxy groups -OCH3 is 1. The summed E-state index contributed by atoms with van der Waals surface area (Å²) in [7, 11) is 3.46. The first-order chi connectivity index (χ1) is 14.5. The Hall–Kier alpha value is -2.10. The van der Waals surface area contributed by atoms with Crippen LogP contribution in [0.4, 0.5) is 10.1 Å². The normalized spacial score (nSPS) is 19.7. The maximum absolute atomic E-state index is 15.4. The highest BCUT2D eigenvalue weighted by Gasteiger charge is 2.35. The summed E-state index contributed by atoms with van der Waals surface area (Å²) in [5.41, 5.74) is 0.149. The van der Waals surface area contributed by atoms with E-state index in [0.29, 0.717) is 40.3 Å². The monoisotopic (exact) mass is 468 g/mol. The van der Waals surface area contributed by atoms with Gasteiger partial charge < -0.3 is 19.5 Å². The van der Waals surface area contributed by atoms with Gasteiger partial charge in [0.05, 0.1) is 18.0 Å². The van der Waals surface area contributed by atoms with E-state index in [9.17, 15) is 9.59 Å². The minimum absolute atomic E-state index is 0. The maximum Gasteiger partial charge on any atom is 0.271 e. The van der Waals surface area contributed by atoms with Gasteiger partial charge in [0.2, 0.25) is 5.43 Å². The van der Waals surface area contributed by atoms with Crippen molar-refractivity contribution >= 4 is 50.7 Å². The number of benzene rings is 1. The van der Waals surface area contributed by atoms with Crippen LogP contribution in [0, 0.1) is 11.7 Å². The number of fused-ring (bicyclic) bond motifs is 2. The molecule has 1 aliphatic carbocycles. The molecule has 0 radical (unpaired) electrons. The van der Waals surface area contributed by atoms with Crippen molar-refractivity contribution in [2.24, 2.45) is 5.92 Å². The summed E-state index contributed by atoms with van der Waals surface area (Å²) in [6, 6.07) is 1.80. The second kappa shape index (κ2) is 8.11. The van der Waals surface area contributed by atoms with Gasteiger partial charge in [0.25, 0.3) is 5.56 Å². The topological polar surface area (TPSA) is 79.4 Å². The number of hydrogen-bond acceptors (Lipinski definition) is 6. The Kier molecular flexibility index (Phi) is 5.78. The third kappa shape index (κ3) is 3.34. The Morgan fingerprint density at radius 3 is 2.71 bits per heavy atom. The number of rotatable bonds is 5. The van der Waals surface area contributed by atoms with Gasteiger partial charge in [-0.05, 0) is 56.8 Å². The van der Waals surface area contributed by atoms with E-state index in [1.165, 1.54) is 13.2 Å². The van der Waals surface area contributed by atoms with E-state index in [4.69, 9.17) is 4.74 Å². The van der Waals surface area contributed by atoms with Gasteiger partial charge in [-0.15, -0.1) is 12.4 Å². The Morgan fingerprint density at radius 1 is 1.32 bits per heavy atom. The summed E-state index contributed by atoms with van der Waals surface area (Å²) in [4.78, 5) is 28.0. The zero-order valence-electron chi connectivity index (χ0n) is 17.7. The molecule has 0 spiro atoms. The number of halogens is 2. The molecule has 2 aromatic heterocycles. The lowest BCUT2D eigenvalue weighted by atomic mass is 10.0. The fourth-order valence-electron chi connectivity index (χ4n) is 4.72. The third-order valence-electron chi connectivity index (χ3n) is 6.61. The van der Waals surface area contributed by atoms with E-state index in [1.807, 2.05) is 16.5 Å². The summed E-state index contributed by atoms with van der Waals surface area (Å²) in [5.74, 6) is 0.301. The number of aromatic nitrogens is 2. The van der Waals surface area contributed by atoms with Gasteiger partial charge in [0.15, 0.2) is 11.6 Å². The minimum Gasteiger partial charge on any atom is -0.492 e. The second-order valence-electron chi connectivity index (χ2n) is 8.35. The van der Waals surface area contributed by atoms with Crippen LogP contribution in [-0.2, 0) is 0 Å². The fourth-order valence-corrected chi connectivity index (χ4v) is 5.64. The number of nitrogens with zero attached hydrogens (tertiary/aromatic N) is 2. The van der Waals surface area contributed by atoms with Crippen LogP contribution >= 0.6 is 23.9 Å². The molecule has 0 bridgehead atoms.